The van der Waals surface area contributed by atoms with E-state index in [1.807, 2.05) is 37.3 Å². The molecule has 0 saturated heterocycles. The first-order chi connectivity index (χ1) is 13.1. The maximum absolute atomic E-state index is 12.5. The second-order valence-corrected chi connectivity index (χ2v) is 7.98. The molecule has 0 aliphatic heterocycles. The lowest BCUT2D eigenvalue weighted by atomic mass is 10.1. The van der Waals surface area contributed by atoms with Crippen molar-refractivity contribution < 1.29 is 23.8 Å². The first kappa shape index (κ1) is 23.8. The molecule has 0 fully saturated rings. The summed E-state index contributed by atoms with van der Waals surface area (Å²) < 4.78 is 16.8. The molecular weight excluding hydrogens is 358 g/mol. The van der Waals surface area contributed by atoms with E-state index in [4.69, 9.17) is 14.2 Å². The zero-order valence-corrected chi connectivity index (χ0v) is 18.0. The zero-order valence-electron chi connectivity index (χ0n) is 18.0. The number of para-hydroxylation sites is 1. The molecule has 1 aromatic carbocycles. The summed E-state index contributed by atoms with van der Waals surface area (Å²) in [7, 11) is 0. The number of amides is 1. The van der Waals surface area contributed by atoms with E-state index in [0.29, 0.717) is 6.42 Å². The Kier molecular flexibility index (Phi) is 9.83. The van der Waals surface area contributed by atoms with Crippen LogP contribution in [0.25, 0.3) is 0 Å². The van der Waals surface area contributed by atoms with Gasteiger partial charge in [0.15, 0.2) is 0 Å². The predicted octanol–water partition coefficient (Wildman–Crippen LogP) is 4.86. The van der Waals surface area contributed by atoms with Gasteiger partial charge >= 0.3 is 12.1 Å². The van der Waals surface area contributed by atoms with E-state index in [2.05, 4.69) is 12.2 Å². The average Bonchev–Trinajstić information content (AvgIpc) is 2.59. The maximum Gasteiger partial charge on any atom is 0.408 e. The van der Waals surface area contributed by atoms with Crippen molar-refractivity contribution in [2.75, 3.05) is 0 Å². The second kappa shape index (κ2) is 11.6. The molecule has 28 heavy (non-hydrogen) atoms. The first-order valence-electron chi connectivity index (χ1n) is 10.0. The van der Waals surface area contributed by atoms with Crippen molar-refractivity contribution in [2.45, 2.75) is 91.1 Å². The molecule has 0 unspecified atom stereocenters. The Morgan fingerprint density at radius 1 is 1.07 bits per heavy atom. The highest BCUT2D eigenvalue weighted by Crippen LogP contribution is 2.18. The summed E-state index contributed by atoms with van der Waals surface area (Å²) in [6.45, 7) is 10.9. The fourth-order valence-electron chi connectivity index (χ4n) is 2.57. The molecule has 1 aromatic rings. The zero-order chi connectivity index (χ0) is 21.2. The van der Waals surface area contributed by atoms with Gasteiger partial charge in [-0.3, -0.25) is 0 Å². The van der Waals surface area contributed by atoms with Gasteiger partial charge in [0.2, 0.25) is 0 Å². The topological polar surface area (TPSA) is 73.9 Å². The molecule has 0 spiro atoms. The minimum absolute atomic E-state index is 0.308. The number of rotatable bonds is 10. The number of carbonyl (C=O) groups excluding carboxylic acids is 2. The minimum atomic E-state index is -0.813. The summed E-state index contributed by atoms with van der Waals surface area (Å²) >= 11 is 0. The van der Waals surface area contributed by atoms with Gasteiger partial charge in [0.1, 0.15) is 29.6 Å². The third kappa shape index (κ3) is 9.62. The predicted molar refractivity (Wildman–Crippen MR) is 109 cm³/mol. The van der Waals surface area contributed by atoms with Crippen LogP contribution in [0.1, 0.15) is 67.2 Å². The molecule has 158 valence electrons. The molecule has 1 rings (SSSR count). The number of esters is 1. The Balaban J connectivity index is 2.67. The van der Waals surface area contributed by atoms with E-state index in [-0.39, 0.29) is 6.10 Å². The van der Waals surface area contributed by atoms with Crippen LogP contribution in [0.3, 0.4) is 0 Å². The molecular formula is C22H35NO5. The third-order valence-corrected chi connectivity index (χ3v) is 4.04. The highest BCUT2D eigenvalue weighted by molar-refractivity contribution is 5.81. The fourth-order valence-corrected chi connectivity index (χ4v) is 2.57. The Hall–Kier alpha value is -2.24. The number of ether oxygens (including phenoxy) is 3. The number of benzene rings is 1. The van der Waals surface area contributed by atoms with Crippen LogP contribution < -0.4 is 10.1 Å². The van der Waals surface area contributed by atoms with Crippen LogP contribution in [0, 0.1) is 0 Å². The summed E-state index contributed by atoms with van der Waals surface area (Å²) in [6, 6.07) is 8.63. The van der Waals surface area contributed by atoms with E-state index in [9.17, 15) is 9.59 Å². The summed E-state index contributed by atoms with van der Waals surface area (Å²) in [6.07, 6.45) is 2.41. The summed E-state index contributed by atoms with van der Waals surface area (Å²) in [5, 5.41) is 2.52. The van der Waals surface area contributed by atoms with Crippen LogP contribution >= 0.6 is 0 Å². The average molecular weight is 394 g/mol. The molecule has 0 aliphatic rings. The number of hydrogen-bond acceptors (Lipinski definition) is 5. The smallest absolute Gasteiger partial charge is 0.408 e. The molecule has 0 radical (unpaired) electrons. The molecule has 1 amide bonds. The monoisotopic (exact) mass is 393 g/mol. The Morgan fingerprint density at radius 2 is 1.71 bits per heavy atom. The first-order valence-corrected chi connectivity index (χ1v) is 10.0. The van der Waals surface area contributed by atoms with Crippen LogP contribution in [0.15, 0.2) is 30.3 Å². The molecule has 0 saturated carbocycles. The molecule has 6 nitrogen and oxygen atoms in total. The standard InChI is InChI=1S/C22H35NO5/c1-7-8-10-15-19(17(3)26-18-13-11-9-12-14-18)27-20(24)16(2)23-21(25)28-22(4,5)6/h9,11-14,16-17,19H,7-8,10,15H2,1-6H3,(H,23,25)/t16-,17-,19+/m0/s1. The lowest BCUT2D eigenvalue weighted by Crippen LogP contribution is -2.45. The lowest BCUT2D eigenvalue weighted by molar-refractivity contribution is -0.156. The van der Waals surface area contributed by atoms with E-state index >= 15 is 0 Å². The summed E-state index contributed by atoms with van der Waals surface area (Å²) in [5.41, 5.74) is -0.631. The fraction of sp³-hybridized carbons (Fsp3) is 0.636. The molecule has 1 N–H and O–H groups in total. The van der Waals surface area contributed by atoms with Gasteiger partial charge in [-0.05, 0) is 59.6 Å². The van der Waals surface area contributed by atoms with Crippen LogP contribution in [0.5, 0.6) is 5.75 Å². The highest BCUT2D eigenvalue weighted by atomic mass is 16.6. The van der Waals surface area contributed by atoms with Crippen molar-refractivity contribution in [3.8, 4) is 5.75 Å². The second-order valence-electron chi connectivity index (χ2n) is 7.98. The lowest BCUT2D eigenvalue weighted by Gasteiger charge is -2.27. The van der Waals surface area contributed by atoms with Gasteiger partial charge in [0.25, 0.3) is 0 Å². The minimum Gasteiger partial charge on any atom is -0.487 e. The molecule has 0 heterocycles. The Bertz CT molecular complexity index is 597. The van der Waals surface area contributed by atoms with Crippen molar-refractivity contribution >= 4 is 12.1 Å². The van der Waals surface area contributed by atoms with Crippen molar-refractivity contribution in [3.05, 3.63) is 30.3 Å². The van der Waals surface area contributed by atoms with Gasteiger partial charge < -0.3 is 19.5 Å². The van der Waals surface area contributed by atoms with Crippen molar-refractivity contribution in [1.29, 1.82) is 0 Å². The maximum atomic E-state index is 12.5. The number of unbranched alkanes of at least 4 members (excludes halogenated alkanes) is 2. The van der Waals surface area contributed by atoms with Gasteiger partial charge in [-0.15, -0.1) is 0 Å². The van der Waals surface area contributed by atoms with Gasteiger partial charge in [0, 0.05) is 0 Å². The van der Waals surface area contributed by atoms with Crippen LogP contribution in [0.4, 0.5) is 4.79 Å². The van der Waals surface area contributed by atoms with Crippen LogP contribution in [-0.4, -0.2) is 35.9 Å². The number of alkyl carbamates (subject to hydrolysis) is 1. The van der Waals surface area contributed by atoms with Crippen LogP contribution in [-0.2, 0) is 14.3 Å². The van der Waals surface area contributed by atoms with E-state index < -0.39 is 29.8 Å². The van der Waals surface area contributed by atoms with Crippen molar-refractivity contribution in [2.24, 2.45) is 0 Å². The molecule has 0 aliphatic carbocycles. The third-order valence-electron chi connectivity index (χ3n) is 4.04. The highest BCUT2D eigenvalue weighted by Gasteiger charge is 2.27. The van der Waals surface area contributed by atoms with Gasteiger partial charge in [-0.2, -0.15) is 0 Å². The SMILES string of the molecule is CCCCC[C@@H](OC(=O)[C@H](C)NC(=O)OC(C)(C)C)[C@H](C)Oc1ccccc1. The van der Waals surface area contributed by atoms with Gasteiger partial charge in [-0.1, -0.05) is 38.0 Å². The summed E-state index contributed by atoms with van der Waals surface area (Å²) in [5.74, 6) is 0.224. The van der Waals surface area contributed by atoms with Gasteiger partial charge in [0.05, 0.1) is 0 Å². The van der Waals surface area contributed by atoms with E-state index in [0.717, 1.165) is 25.0 Å². The normalized spacial score (nSPS) is 14.5. The van der Waals surface area contributed by atoms with Crippen molar-refractivity contribution in [3.63, 3.8) is 0 Å². The molecule has 6 heteroatoms. The molecule has 0 bridgehead atoms. The number of hydrogen-bond donors (Lipinski definition) is 1. The van der Waals surface area contributed by atoms with Crippen molar-refractivity contribution in [1.82, 2.24) is 5.32 Å². The number of nitrogens with one attached hydrogen (secondary N) is 1. The summed E-state index contributed by atoms with van der Waals surface area (Å²) in [4.78, 5) is 24.4. The van der Waals surface area contributed by atoms with E-state index in [1.54, 1.807) is 27.7 Å². The van der Waals surface area contributed by atoms with E-state index in [1.165, 1.54) is 0 Å². The number of carbonyl (C=O) groups is 2. The Morgan fingerprint density at radius 3 is 2.29 bits per heavy atom. The molecule has 3 atom stereocenters. The molecule has 0 aromatic heterocycles. The largest absolute Gasteiger partial charge is 0.487 e. The Labute approximate surface area is 168 Å². The van der Waals surface area contributed by atoms with Crippen LogP contribution in [0.2, 0.25) is 0 Å². The van der Waals surface area contributed by atoms with Gasteiger partial charge in [-0.25, -0.2) is 9.59 Å². The quantitative estimate of drug-likeness (QED) is 0.454.